The number of aromatic nitrogens is 4. The molecule has 27 heavy (non-hydrogen) atoms. The molecule has 0 saturated heterocycles. The standard InChI is InChI=1S/C20H18N4O2S/c1-12-9-10-16-15(11-12)19(25)24(3)20(21-16)27-13(2)18-22-17(23-26-18)14-7-5-4-6-8-14/h4-11,13H,1-3H3. The van der Waals surface area contributed by atoms with E-state index >= 15 is 0 Å². The van der Waals surface area contributed by atoms with Crippen LogP contribution in [0.3, 0.4) is 0 Å². The fraction of sp³-hybridized carbons (Fsp3) is 0.200. The number of nitrogens with zero attached hydrogens (tertiary/aromatic N) is 4. The Labute approximate surface area is 160 Å². The minimum absolute atomic E-state index is 0.0612. The predicted octanol–water partition coefficient (Wildman–Crippen LogP) is 4.15. The number of fused-ring (bicyclic) bond motifs is 1. The largest absolute Gasteiger partial charge is 0.338 e. The van der Waals surface area contributed by atoms with Gasteiger partial charge < -0.3 is 4.52 Å². The first-order valence-corrected chi connectivity index (χ1v) is 9.44. The lowest BCUT2D eigenvalue weighted by Gasteiger charge is -2.11. The molecule has 0 saturated carbocycles. The second kappa shape index (κ2) is 7.00. The van der Waals surface area contributed by atoms with Gasteiger partial charge in [0, 0.05) is 12.6 Å². The Morgan fingerprint density at radius 3 is 2.67 bits per heavy atom. The summed E-state index contributed by atoms with van der Waals surface area (Å²) in [5.41, 5.74) is 2.56. The summed E-state index contributed by atoms with van der Waals surface area (Å²) in [6.45, 7) is 3.92. The van der Waals surface area contributed by atoms with Gasteiger partial charge in [-0.1, -0.05) is 58.9 Å². The van der Waals surface area contributed by atoms with Gasteiger partial charge in [-0.3, -0.25) is 9.36 Å². The van der Waals surface area contributed by atoms with Gasteiger partial charge >= 0.3 is 0 Å². The molecule has 2 aromatic heterocycles. The van der Waals surface area contributed by atoms with Gasteiger partial charge in [-0.05, 0) is 26.0 Å². The SMILES string of the molecule is Cc1ccc2nc(SC(C)c3nc(-c4ccccc4)no3)n(C)c(=O)c2c1. The molecule has 0 aliphatic heterocycles. The van der Waals surface area contributed by atoms with Gasteiger partial charge in [-0.25, -0.2) is 4.98 Å². The Morgan fingerprint density at radius 1 is 1.11 bits per heavy atom. The van der Waals surface area contributed by atoms with Crippen molar-refractivity contribution in [2.45, 2.75) is 24.3 Å². The molecule has 0 N–H and O–H groups in total. The quantitative estimate of drug-likeness (QED) is 0.392. The van der Waals surface area contributed by atoms with Gasteiger partial charge in [0.25, 0.3) is 5.56 Å². The number of hydrogen-bond acceptors (Lipinski definition) is 6. The summed E-state index contributed by atoms with van der Waals surface area (Å²) < 4.78 is 7.00. The number of thioether (sulfide) groups is 1. The van der Waals surface area contributed by atoms with E-state index in [4.69, 9.17) is 4.52 Å². The van der Waals surface area contributed by atoms with Gasteiger partial charge in [-0.2, -0.15) is 4.98 Å². The van der Waals surface area contributed by atoms with E-state index in [2.05, 4.69) is 15.1 Å². The molecule has 0 amide bonds. The molecule has 1 atom stereocenters. The Morgan fingerprint density at radius 2 is 1.89 bits per heavy atom. The summed E-state index contributed by atoms with van der Waals surface area (Å²) in [6.07, 6.45) is 0. The molecule has 0 aliphatic carbocycles. The maximum Gasteiger partial charge on any atom is 0.261 e. The van der Waals surface area contributed by atoms with E-state index in [-0.39, 0.29) is 10.8 Å². The molecule has 2 aromatic carbocycles. The lowest BCUT2D eigenvalue weighted by molar-refractivity contribution is 0.380. The van der Waals surface area contributed by atoms with Crippen molar-refractivity contribution in [1.82, 2.24) is 19.7 Å². The molecule has 2 heterocycles. The second-order valence-corrected chi connectivity index (χ2v) is 7.67. The monoisotopic (exact) mass is 378 g/mol. The lowest BCUT2D eigenvalue weighted by Crippen LogP contribution is -2.20. The van der Waals surface area contributed by atoms with Crippen LogP contribution in [-0.4, -0.2) is 19.7 Å². The van der Waals surface area contributed by atoms with Crippen LogP contribution in [0.5, 0.6) is 0 Å². The minimum Gasteiger partial charge on any atom is -0.338 e. The van der Waals surface area contributed by atoms with Crippen molar-refractivity contribution in [3.63, 3.8) is 0 Å². The zero-order valence-corrected chi connectivity index (χ0v) is 16.0. The highest BCUT2D eigenvalue weighted by atomic mass is 32.2. The molecule has 136 valence electrons. The summed E-state index contributed by atoms with van der Waals surface area (Å²) in [5, 5.41) is 5.16. The van der Waals surface area contributed by atoms with Crippen molar-refractivity contribution in [2.75, 3.05) is 0 Å². The highest BCUT2D eigenvalue weighted by Gasteiger charge is 2.19. The van der Waals surface area contributed by atoms with Crippen LogP contribution in [0.15, 0.2) is 63.0 Å². The molecule has 4 aromatic rings. The summed E-state index contributed by atoms with van der Waals surface area (Å²) in [7, 11) is 1.73. The van der Waals surface area contributed by atoms with Crippen molar-refractivity contribution >= 4 is 22.7 Å². The van der Waals surface area contributed by atoms with Crippen LogP contribution < -0.4 is 5.56 Å². The van der Waals surface area contributed by atoms with Gasteiger partial charge in [0.2, 0.25) is 11.7 Å². The van der Waals surface area contributed by atoms with Gasteiger partial charge in [0.15, 0.2) is 5.16 Å². The average molecular weight is 378 g/mol. The maximum absolute atomic E-state index is 12.7. The van der Waals surface area contributed by atoms with Gasteiger partial charge in [0.1, 0.15) is 0 Å². The Hall–Kier alpha value is -2.93. The van der Waals surface area contributed by atoms with Crippen molar-refractivity contribution in [1.29, 1.82) is 0 Å². The topological polar surface area (TPSA) is 73.8 Å². The summed E-state index contributed by atoms with van der Waals surface area (Å²) >= 11 is 1.42. The highest BCUT2D eigenvalue weighted by Crippen LogP contribution is 2.33. The molecule has 4 rings (SSSR count). The van der Waals surface area contributed by atoms with E-state index in [9.17, 15) is 4.79 Å². The number of benzene rings is 2. The molecule has 0 spiro atoms. The van der Waals surface area contributed by atoms with Crippen LogP contribution in [-0.2, 0) is 7.05 Å². The number of hydrogen-bond donors (Lipinski definition) is 0. The third-order valence-corrected chi connectivity index (χ3v) is 5.42. The van der Waals surface area contributed by atoms with Crippen molar-refractivity contribution in [3.05, 3.63) is 70.3 Å². The highest BCUT2D eigenvalue weighted by molar-refractivity contribution is 7.99. The zero-order chi connectivity index (χ0) is 19.0. The molecule has 7 heteroatoms. The fourth-order valence-corrected chi connectivity index (χ4v) is 3.69. The van der Waals surface area contributed by atoms with E-state index in [1.165, 1.54) is 11.8 Å². The van der Waals surface area contributed by atoms with Crippen LogP contribution in [0.4, 0.5) is 0 Å². The fourth-order valence-electron chi connectivity index (χ4n) is 2.78. The molecular formula is C20H18N4O2S. The third-order valence-electron chi connectivity index (χ3n) is 4.29. The van der Waals surface area contributed by atoms with Crippen LogP contribution >= 0.6 is 11.8 Å². The van der Waals surface area contributed by atoms with Crippen molar-refractivity contribution in [3.8, 4) is 11.4 Å². The number of aryl methyl sites for hydroxylation is 1. The molecular weight excluding hydrogens is 360 g/mol. The minimum atomic E-state index is -0.143. The molecule has 0 aliphatic rings. The average Bonchev–Trinajstić information content (AvgIpc) is 3.17. The maximum atomic E-state index is 12.7. The Kier molecular flexibility index (Phi) is 4.53. The first-order valence-electron chi connectivity index (χ1n) is 8.56. The molecule has 0 radical (unpaired) electrons. The van der Waals surface area contributed by atoms with Crippen LogP contribution in [0.2, 0.25) is 0 Å². The normalized spacial score (nSPS) is 12.4. The van der Waals surface area contributed by atoms with E-state index < -0.39 is 0 Å². The van der Waals surface area contributed by atoms with E-state index in [1.54, 1.807) is 11.6 Å². The smallest absolute Gasteiger partial charge is 0.261 e. The summed E-state index contributed by atoms with van der Waals surface area (Å²) in [4.78, 5) is 21.8. The summed E-state index contributed by atoms with van der Waals surface area (Å²) in [5.74, 6) is 1.05. The van der Waals surface area contributed by atoms with Crippen molar-refractivity contribution < 1.29 is 4.52 Å². The first kappa shape index (κ1) is 17.5. The zero-order valence-electron chi connectivity index (χ0n) is 15.2. The number of rotatable bonds is 4. The molecule has 0 fully saturated rings. The first-order chi connectivity index (χ1) is 13.0. The Bertz CT molecular complexity index is 1170. The second-order valence-electron chi connectivity index (χ2n) is 6.36. The van der Waals surface area contributed by atoms with Crippen LogP contribution in [0.1, 0.15) is 23.6 Å². The molecule has 6 nitrogen and oxygen atoms in total. The van der Waals surface area contributed by atoms with Crippen molar-refractivity contribution in [2.24, 2.45) is 7.05 Å². The van der Waals surface area contributed by atoms with Gasteiger partial charge in [-0.15, -0.1) is 0 Å². The third kappa shape index (κ3) is 3.38. The predicted molar refractivity (Wildman–Crippen MR) is 106 cm³/mol. The van der Waals surface area contributed by atoms with Crippen LogP contribution in [0.25, 0.3) is 22.3 Å². The molecule has 1 unspecified atom stereocenters. The Balaban J connectivity index is 1.64. The van der Waals surface area contributed by atoms with E-state index in [0.29, 0.717) is 27.8 Å². The molecule has 0 bridgehead atoms. The van der Waals surface area contributed by atoms with Crippen LogP contribution in [0, 0.1) is 6.92 Å². The van der Waals surface area contributed by atoms with E-state index in [1.807, 2.05) is 62.4 Å². The lowest BCUT2D eigenvalue weighted by atomic mass is 10.2. The van der Waals surface area contributed by atoms with E-state index in [0.717, 1.165) is 11.1 Å². The summed E-state index contributed by atoms with van der Waals surface area (Å²) in [6, 6.07) is 15.4. The van der Waals surface area contributed by atoms with Gasteiger partial charge in [0.05, 0.1) is 16.2 Å².